The smallest absolute Gasteiger partial charge is 0.311 e. The molecule has 0 heterocycles. The number of ether oxygens (including phenoxy) is 4. The van der Waals surface area contributed by atoms with E-state index in [2.05, 4.69) is 4.90 Å². The lowest BCUT2D eigenvalue weighted by Crippen LogP contribution is -2.66. The van der Waals surface area contributed by atoms with Crippen LogP contribution in [0.3, 0.4) is 0 Å². The Morgan fingerprint density at radius 3 is 1.95 bits per heavy atom. The van der Waals surface area contributed by atoms with Gasteiger partial charge in [0.05, 0.1) is 32.7 Å². The molecule has 1 saturated carbocycles. The zero-order valence-corrected chi connectivity index (χ0v) is 14.0. The summed E-state index contributed by atoms with van der Waals surface area (Å²) in [5, 5.41) is 0. The first-order valence-corrected chi connectivity index (χ1v) is 7.53. The van der Waals surface area contributed by atoms with E-state index in [1.54, 1.807) is 0 Å². The molecular weight excluding hydrogens is 290 g/mol. The Morgan fingerprint density at radius 2 is 1.50 bits per heavy atom. The highest BCUT2D eigenvalue weighted by Gasteiger charge is 2.60. The Labute approximate surface area is 131 Å². The van der Waals surface area contributed by atoms with Gasteiger partial charge in [0.15, 0.2) is 0 Å². The van der Waals surface area contributed by atoms with E-state index < -0.39 is 17.8 Å². The fraction of sp³-hybridized carbons (Fsp3) is 0.867. The zero-order chi connectivity index (χ0) is 16.7. The maximum Gasteiger partial charge on any atom is 0.311 e. The molecule has 0 unspecified atom stereocenters. The molecule has 0 radical (unpaired) electrons. The van der Waals surface area contributed by atoms with Crippen molar-refractivity contribution in [3.05, 3.63) is 0 Å². The van der Waals surface area contributed by atoms with Crippen molar-refractivity contribution in [3.8, 4) is 0 Å². The van der Waals surface area contributed by atoms with Crippen molar-refractivity contribution in [1.82, 2.24) is 4.90 Å². The number of carbonyl (C=O) groups is 2. The van der Waals surface area contributed by atoms with E-state index in [0.29, 0.717) is 6.61 Å². The molecule has 1 fully saturated rings. The van der Waals surface area contributed by atoms with Crippen LogP contribution in [0.5, 0.6) is 0 Å². The number of methoxy groups -OCH3 is 3. The minimum atomic E-state index is -0.542. The Morgan fingerprint density at radius 1 is 0.955 bits per heavy atom. The lowest BCUT2D eigenvalue weighted by Gasteiger charge is -2.52. The third-order valence-corrected chi connectivity index (χ3v) is 4.35. The summed E-state index contributed by atoms with van der Waals surface area (Å²) in [5.74, 6) is -1.96. The van der Waals surface area contributed by atoms with Crippen LogP contribution in [-0.4, -0.2) is 70.7 Å². The molecule has 0 aromatic carbocycles. The summed E-state index contributed by atoms with van der Waals surface area (Å²) in [6.07, 6.45) is 0. The van der Waals surface area contributed by atoms with Crippen LogP contribution in [0.15, 0.2) is 0 Å². The van der Waals surface area contributed by atoms with Crippen LogP contribution >= 0.6 is 0 Å². The first-order chi connectivity index (χ1) is 10.6. The Bertz CT molecular complexity index is 371. The third kappa shape index (κ3) is 3.77. The third-order valence-electron chi connectivity index (χ3n) is 4.35. The van der Waals surface area contributed by atoms with E-state index in [1.807, 2.05) is 13.8 Å². The van der Waals surface area contributed by atoms with Gasteiger partial charge in [-0.25, -0.2) is 0 Å². The molecule has 0 bridgehead atoms. The average Bonchev–Trinajstić information content (AvgIpc) is 2.53. The molecule has 0 spiro atoms. The predicted molar refractivity (Wildman–Crippen MR) is 79.0 cm³/mol. The molecule has 1 aliphatic carbocycles. The Balaban J connectivity index is 2.98. The molecule has 0 N–H and O–H groups in total. The van der Waals surface area contributed by atoms with E-state index >= 15 is 0 Å². The highest BCUT2D eigenvalue weighted by atomic mass is 16.7. The van der Waals surface area contributed by atoms with Crippen LogP contribution in [0.2, 0.25) is 0 Å². The highest BCUT2D eigenvalue weighted by molar-refractivity contribution is 5.85. The number of carbonyl (C=O) groups excluding carboxylic acids is 2. The lowest BCUT2D eigenvalue weighted by molar-refractivity contribution is -0.189. The fourth-order valence-electron chi connectivity index (χ4n) is 3.30. The van der Waals surface area contributed by atoms with Gasteiger partial charge >= 0.3 is 11.9 Å². The van der Waals surface area contributed by atoms with Crippen molar-refractivity contribution in [1.29, 1.82) is 0 Å². The summed E-state index contributed by atoms with van der Waals surface area (Å²) in [5.41, 5.74) is 0. The molecule has 7 nitrogen and oxygen atoms in total. The fourth-order valence-corrected chi connectivity index (χ4v) is 3.30. The van der Waals surface area contributed by atoms with Crippen molar-refractivity contribution < 1.29 is 28.5 Å². The largest absolute Gasteiger partial charge is 0.469 e. The summed E-state index contributed by atoms with van der Waals surface area (Å²) < 4.78 is 20.1. The standard InChI is InChI=1S/C15H27NO6/c1-6-16(7-2)13-10(8-22-9-19-3)11(14(17)20-4)12(13)15(18)21-5/h10-13H,6-9H2,1-5H3/t10-,11-,12+,13+/m0/s1. The maximum atomic E-state index is 12.1. The second kappa shape index (κ2) is 9.07. The van der Waals surface area contributed by atoms with Crippen LogP contribution in [-0.2, 0) is 28.5 Å². The molecule has 22 heavy (non-hydrogen) atoms. The second-order valence-electron chi connectivity index (χ2n) is 5.25. The van der Waals surface area contributed by atoms with E-state index in [-0.39, 0.29) is 24.7 Å². The molecule has 1 aliphatic rings. The van der Waals surface area contributed by atoms with Crippen molar-refractivity contribution >= 4 is 11.9 Å². The molecule has 128 valence electrons. The van der Waals surface area contributed by atoms with Crippen molar-refractivity contribution in [2.24, 2.45) is 17.8 Å². The quantitative estimate of drug-likeness (QED) is 0.349. The van der Waals surface area contributed by atoms with Gasteiger partial charge in [0.2, 0.25) is 0 Å². The summed E-state index contributed by atoms with van der Waals surface area (Å²) in [6.45, 7) is 6.10. The van der Waals surface area contributed by atoms with Gasteiger partial charge in [0.25, 0.3) is 0 Å². The van der Waals surface area contributed by atoms with Crippen LogP contribution < -0.4 is 0 Å². The van der Waals surface area contributed by atoms with Crippen LogP contribution in [0.4, 0.5) is 0 Å². The van der Waals surface area contributed by atoms with Gasteiger partial charge in [-0.2, -0.15) is 0 Å². The first-order valence-electron chi connectivity index (χ1n) is 7.53. The summed E-state index contributed by atoms with van der Waals surface area (Å²) in [6, 6.07) is -0.0941. The Hall–Kier alpha value is -1.18. The minimum absolute atomic E-state index is 0.0941. The van der Waals surface area contributed by atoms with Gasteiger partial charge in [0.1, 0.15) is 6.79 Å². The van der Waals surface area contributed by atoms with Gasteiger partial charge in [-0.3, -0.25) is 14.5 Å². The van der Waals surface area contributed by atoms with Gasteiger partial charge in [-0.05, 0) is 13.1 Å². The molecule has 0 aromatic heterocycles. The van der Waals surface area contributed by atoms with Crippen LogP contribution in [0.1, 0.15) is 13.8 Å². The van der Waals surface area contributed by atoms with Crippen molar-refractivity contribution in [3.63, 3.8) is 0 Å². The van der Waals surface area contributed by atoms with E-state index in [1.165, 1.54) is 21.3 Å². The molecule has 0 saturated heterocycles. The van der Waals surface area contributed by atoms with Gasteiger partial charge in [-0.15, -0.1) is 0 Å². The predicted octanol–water partition coefficient (Wildman–Crippen LogP) is 0.526. The van der Waals surface area contributed by atoms with Crippen LogP contribution in [0, 0.1) is 17.8 Å². The van der Waals surface area contributed by atoms with E-state index in [0.717, 1.165) is 13.1 Å². The van der Waals surface area contributed by atoms with Crippen molar-refractivity contribution in [2.75, 3.05) is 47.8 Å². The summed E-state index contributed by atoms with van der Waals surface area (Å²) >= 11 is 0. The molecule has 0 amide bonds. The van der Waals surface area contributed by atoms with Gasteiger partial charge in [-0.1, -0.05) is 13.8 Å². The lowest BCUT2D eigenvalue weighted by atomic mass is 9.60. The molecule has 1 rings (SSSR count). The number of rotatable bonds is 9. The van der Waals surface area contributed by atoms with E-state index in [9.17, 15) is 9.59 Å². The number of hydrogen-bond acceptors (Lipinski definition) is 7. The topological polar surface area (TPSA) is 74.3 Å². The highest BCUT2D eigenvalue weighted by Crippen LogP contribution is 2.45. The van der Waals surface area contributed by atoms with E-state index in [4.69, 9.17) is 18.9 Å². The SMILES string of the molecule is CCN(CC)[C@@H]1[C@@H](COCOC)[C@H](C(=O)OC)[C@H]1C(=O)OC. The molecule has 7 heteroatoms. The second-order valence-corrected chi connectivity index (χ2v) is 5.25. The molecular formula is C15H27NO6. The van der Waals surface area contributed by atoms with Crippen LogP contribution in [0.25, 0.3) is 0 Å². The van der Waals surface area contributed by atoms with Crippen molar-refractivity contribution in [2.45, 2.75) is 19.9 Å². The normalized spacial score (nSPS) is 27.4. The van der Waals surface area contributed by atoms with Gasteiger partial charge in [0, 0.05) is 19.1 Å². The minimum Gasteiger partial charge on any atom is -0.469 e. The molecule has 0 aromatic rings. The molecule has 4 atom stereocenters. The zero-order valence-electron chi connectivity index (χ0n) is 14.0. The summed E-state index contributed by atoms with van der Waals surface area (Å²) in [4.78, 5) is 26.4. The number of esters is 2. The number of hydrogen-bond donors (Lipinski definition) is 0. The summed E-state index contributed by atoms with van der Waals surface area (Å²) in [7, 11) is 4.21. The maximum absolute atomic E-state index is 12.1. The van der Waals surface area contributed by atoms with Gasteiger partial charge < -0.3 is 18.9 Å². The number of nitrogens with zero attached hydrogens (tertiary/aromatic N) is 1. The first kappa shape index (κ1) is 18.9. The monoisotopic (exact) mass is 317 g/mol. The molecule has 0 aliphatic heterocycles. The Kier molecular flexibility index (Phi) is 7.78. The average molecular weight is 317 g/mol.